The number of non-ortho nitro benzene ring substituents is 2. The molecule has 0 saturated carbocycles. The molecule has 8 nitrogen and oxygen atoms in total. The summed E-state index contributed by atoms with van der Waals surface area (Å²) in [5, 5.41) is 21.2. The Kier molecular flexibility index (Phi) is 4.08. The standard InChI is InChI=1S/C10H8N2O6/c1-18-10(13)3-2-7-4-8(11(14)15)6-9(5-7)12(16)17/h2-6H,1H3. The fraction of sp³-hybridized carbons (Fsp3) is 0.100. The second-order valence-electron chi connectivity index (χ2n) is 3.15. The van der Waals surface area contributed by atoms with Crippen LogP contribution in [0.2, 0.25) is 0 Å². The first-order chi connectivity index (χ1) is 8.43. The highest BCUT2D eigenvalue weighted by atomic mass is 16.6. The molecule has 1 rings (SSSR count). The quantitative estimate of drug-likeness (QED) is 0.348. The zero-order valence-electron chi connectivity index (χ0n) is 9.23. The van der Waals surface area contributed by atoms with Gasteiger partial charge in [0.2, 0.25) is 0 Å². The van der Waals surface area contributed by atoms with Crippen LogP contribution in [0, 0.1) is 20.2 Å². The SMILES string of the molecule is COC(=O)C=Cc1cc([N+](=O)[O-])cc([N+](=O)[O-])c1. The number of benzene rings is 1. The molecule has 8 heteroatoms. The number of esters is 1. The van der Waals surface area contributed by atoms with E-state index in [9.17, 15) is 25.0 Å². The highest BCUT2D eigenvalue weighted by Crippen LogP contribution is 2.23. The summed E-state index contributed by atoms with van der Waals surface area (Å²) < 4.78 is 4.33. The summed E-state index contributed by atoms with van der Waals surface area (Å²) in [6.45, 7) is 0. The third-order valence-electron chi connectivity index (χ3n) is 1.96. The molecule has 0 saturated heterocycles. The highest BCUT2D eigenvalue weighted by Gasteiger charge is 2.15. The van der Waals surface area contributed by atoms with E-state index >= 15 is 0 Å². The lowest BCUT2D eigenvalue weighted by atomic mass is 10.1. The molecular formula is C10H8N2O6. The molecule has 1 aromatic rings. The van der Waals surface area contributed by atoms with Gasteiger partial charge in [0.25, 0.3) is 11.4 Å². The number of nitro benzene ring substituents is 2. The van der Waals surface area contributed by atoms with Crippen LogP contribution in [0.25, 0.3) is 6.08 Å². The average molecular weight is 252 g/mol. The Bertz CT molecular complexity index is 505. The van der Waals surface area contributed by atoms with Crippen LogP contribution in [0.4, 0.5) is 11.4 Å². The number of carbonyl (C=O) groups excluding carboxylic acids is 1. The predicted octanol–water partition coefficient (Wildman–Crippen LogP) is 1.69. The molecule has 0 aromatic heterocycles. The molecule has 0 heterocycles. The Hall–Kier alpha value is -2.77. The largest absolute Gasteiger partial charge is 0.466 e. The van der Waals surface area contributed by atoms with Crippen molar-refractivity contribution in [2.24, 2.45) is 0 Å². The van der Waals surface area contributed by atoms with E-state index in [-0.39, 0.29) is 5.56 Å². The van der Waals surface area contributed by atoms with Crippen LogP contribution in [0.1, 0.15) is 5.56 Å². The van der Waals surface area contributed by atoms with E-state index in [2.05, 4.69) is 4.74 Å². The van der Waals surface area contributed by atoms with Gasteiger partial charge in [0.1, 0.15) is 0 Å². The minimum atomic E-state index is -0.748. The Morgan fingerprint density at radius 2 is 1.67 bits per heavy atom. The van der Waals surface area contributed by atoms with Crippen molar-refractivity contribution in [2.45, 2.75) is 0 Å². The third kappa shape index (κ3) is 3.37. The predicted molar refractivity (Wildman–Crippen MR) is 60.8 cm³/mol. The van der Waals surface area contributed by atoms with Crippen molar-refractivity contribution in [2.75, 3.05) is 7.11 Å². The molecule has 0 amide bonds. The Labute approximate surface area is 101 Å². The monoisotopic (exact) mass is 252 g/mol. The minimum absolute atomic E-state index is 0.168. The number of nitro groups is 2. The first-order valence-electron chi connectivity index (χ1n) is 4.64. The van der Waals surface area contributed by atoms with Crippen LogP contribution >= 0.6 is 0 Å². The lowest BCUT2D eigenvalue weighted by Crippen LogP contribution is -1.95. The third-order valence-corrected chi connectivity index (χ3v) is 1.96. The smallest absolute Gasteiger partial charge is 0.330 e. The van der Waals surface area contributed by atoms with E-state index in [0.29, 0.717) is 0 Å². The first-order valence-corrected chi connectivity index (χ1v) is 4.64. The van der Waals surface area contributed by atoms with Gasteiger partial charge < -0.3 is 4.74 Å². The summed E-state index contributed by atoms with van der Waals surface area (Å²) in [7, 11) is 1.17. The van der Waals surface area contributed by atoms with Crippen molar-refractivity contribution in [3.05, 3.63) is 50.1 Å². The Balaban J connectivity index is 3.19. The van der Waals surface area contributed by atoms with E-state index in [1.165, 1.54) is 13.2 Å². The van der Waals surface area contributed by atoms with E-state index < -0.39 is 27.2 Å². The first kappa shape index (κ1) is 13.3. The summed E-state index contributed by atoms with van der Waals surface area (Å²) in [6.07, 6.45) is 2.22. The van der Waals surface area contributed by atoms with Crippen LogP contribution in [0.15, 0.2) is 24.3 Å². The maximum Gasteiger partial charge on any atom is 0.330 e. The van der Waals surface area contributed by atoms with Gasteiger partial charge >= 0.3 is 5.97 Å². The molecule has 0 bridgehead atoms. The summed E-state index contributed by atoms with van der Waals surface area (Å²) in [4.78, 5) is 30.5. The van der Waals surface area contributed by atoms with Crippen molar-refractivity contribution >= 4 is 23.4 Å². The number of rotatable bonds is 4. The molecule has 0 aliphatic heterocycles. The number of nitrogens with zero attached hydrogens (tertiary/aromatic N) is 2. The van der Waals surface area contributed by atoms with Crippen LogP contribution < -0.4 is 0 Å². The van der Waals surface area contributed by atoms with Crippen LogP contribution in [-0.2, 0) is 9.53 Å². The molecule has 18 heavy (non-hydrogen) atoms. The maximum absolute atomic E-state index is 10.8. The normalized spacial score (nSPS) is 10.3. The number of ether oxygens (including phenoxy) is 1. The summed E-state index contributed by atoms with van der Waals surface area (Å²) >= 11 is 0. The topological polar surface area (TPSA) is 113 Å². The van der Waals surface area contributed by atoms with Crippen molar-refractivity contribution in [1.82, 2.24) is 0 Å². The number of hydrogen-bond acceptors (Lipinski definition) is 6. The van der Waals surface area contributed by atoms with E-state index in [1.54, 1.807) is 0 Å². The van der Waals surface area contributed by atoms with Gasteiger partial charge in [0.15, 0.2) is 0 Å². The van der Waals surface area contributed by atoms with Gasteiger partial charge in [-0.05, 0) is 11.6 Å². The van der Waals surface area contributed by atoms with Gasteiger partial charge in [0, 0.05) is 18.2 Å². The van der Waals surface area contributed by atoms with Crippen molar-refractivity contribution in [3.63, 3.8) is 0 Å². The molecule has 0 atom stereocenters. The van der Waals surface area contributed by atoms with Gasteiger partial charge in [-0.15, -0.1) is 0 Å². The average Bonchev–Trinajstić information content (AvgIpc) is 2.35. The molecule has 0 unspecified atom stereocenters. The number of methoxy groups -OCH3 is 1. The number of hydrogen-bond donors (Lipinski definition) is 0. The second kappa shape index (κ2) is 5.53. The molecular weight excluding hydrogens is 244 g/mol. The molecule has 0 spiro atoms. The maximum atomic E-state index is 10.8. The molecule has 0 radical (unpaired) electrons. The highest BCUT2D eigenvalue weighted by molar-refractivity contribution is 5.87. The van der Waals surface area contributed by atoms with Gasteiger partial charge in [-0.25, -0.2) is 4.79 Å². The zero-order chi connectivity index (χ0) is 13.7. The Morgan fingerprint density at radius 3 is 2.06 bits per heavy atom. The van der Waals surface area contributed by atoms with E-state index in [4.69, 9.17) is 0 Å². The van der Waals surface area contributed by atoms with E-state index in [0.717, 1.165) is 24.3 Å². The fourth-order valence-electron chi connectivity index (χ4n) is 1.16. The van der Waals surface area contributed by atoms with Gasteiger partial charge in [0.05, 0.1) is 23.0 Å². The molecule has 0 aliphatic carbocycles. The fourth-order valence-corrected chi connectivity index (χ4v) is 1.16. The Morgan fingerprint density at radius 1 is 1.17 bits per heavy atom. The van der Waals surface area contributed by atoms with Gasteiger partial charge in [-0.1, -0.05) is 0 Å². The molecule has 94 valence electrons. The van der Waals surface area contributed by atoms with Gasteiger partial charge in [-0.2, -0.15) is 0 Å². The van der Waals surface area contributed by atoms with Crippen LogP contribution in [-0.4, -0.2) is 22.9 Å². The second-order valence-corrected chi connectivity index (χ2v) is 3.15. The van der Waals surface area contributed by atoms with Crippen molar-refractivity contribution in [1.29, 1.82) is 0 Å². The molecule has 0 N–H and O–H groups in total. The van der Waals surface area contributed by atoms with Crippen molar-refractivity contribution < 1.29 is 19.4 Å². The molecule has 1 aromatic carbocycles. The summed E-state index contributed by atoms with van der Waals surface area (Å²) in [5.74, 6) is -0.663. The lowest BCUT2D eigenvalue weighted by molar-refractivity contribution is -0.394. The molecule has 0 aliphatic rings. The van der Waals surface area contributed by atoms with Crippen LogP contribution in [0.5, 0.6) is 0 Å². The summed E-state index contributed by atoms with van der Waals surface area (Å²) in [6, 6.07) is 3.08. The van der Waals surface area contributed by atoms with Crippen molar-refractivity contribution in [3.8, 4) is 0 Å². The lowest BCUT2D eigenvalue weighted by Gasteiger charge is -1.96. The zero-order valence-corrected chi connectivity index (χ0v) is 9.23. The van der Waals surface area contributed by atoms with Gasteiger partial charge in [-0.3, -0.25) is 20.2 Å². The molecule has 0 fully saturated rings. The van der Waals surface area contributed by atoms with E-state index in [1.807, 2.05) is 0 Å². The van der Waals surface area contributed by atoms with Crippen LogP contribution in [0.3, 0.4) is 0 Å². The summed E-state index contributed by atoms with van der Waals surface area (Å²) in [5.41, 5.74) is -0.677. The number of carbonyl (C=O) groups is 1. The minimum Gasteiger partial charge on any atom is -0.466 e.